The second-order valence-electron chi connectivity index (χ2n) is 3.18. The van der Waals surface area contributed by atoms with Crippen LogP contribution in [-0.4, -0.2) is 19.7 Å². The van der Waals surface area contributed by atoms with Crippen LogP contribution in [0.15, 0.2) is 18.2 Å². The normalized spacial score (nSPS) is 13.1. The first kappa shape index (κ1) is 10.8. The molecule has 1 amide bonds. The first-order chi connectivity index (χ1) is 7.70. The van der Waals surface area contributed by atoms with Crippen LogP contribution in [0.1, 0.15) is 5.56 Å². The summed E-state index contributed by atoms with van der Waals surface area (Å²) in [5.41, 5.74) is 0.790. The molecule has 0 atom stereocenters. The molecule has 0 unspecified atom stereocenters. The average Bonchev–Trinajstić information content (AvgIpc) is 2.74. The van der Waals surface area contributed by atoms with Gasteiger partial charge in [-0.1, -0.05) is 11.6 Å². The smallest absolute Gasteiger partial charge is 0.243 e. The Hall–Kier alpha value is -1.68. The first-order valence-corrected chi connectivity index (χ1v) is 5.07. The minimum Gasteiger partial charge on any atom is -0.454 e. The van der Waals surface area contributed by atoms with E-state index in [1.807, 2.05) is 0 Å². The molecule has 0 saturated heterocycles. The molecule has 2 rings (SSSR count). The maximum atomic E-state index is 11.0. The van der Waals surface area contributed by atoms with E-state index in [0.29, 0.717) is 16.5 Å². The molecule has 1 aliphatic heterocycles. The van der Waals surface area contributed by atoms with Gasteiger partial charge >= 0.3 is 0 Å². The van der Waals surface area contributed by atoms with E-state index in [0.717, 1.165) is 5.56 Å². The van der Waals surface area contributed by atoms with Crippen LogP contribution < -0.4 is 14.8 Å². The highest BCUT2D eigenvalue weighted by molar-refractivity contribution is 6.32. The predicted molar refractivity (Wildman–Crippen MR) is 60.7 cm³/mol. The molecule has 16 heavy (non-hydrogen) atoms. The summed E-state index contributed by atoms with van der Waals surface area (Å²) < 4.78 is 10.4. The Morgan fingerprint density at radius 1 is 1.50 bits per heavy atom. The van der Waals surface area contributed by atoms with Gasteiger partial charge in [-0.05, 0) is 23.8 Å². The Morgan fingerprint density at radius 2 is 2.31 bits per heavy atom. The van der Waals surface area contributed by atoms with Gasteiger partial charge in [0.25, 0.3) is 0 Å². The molecule has 0 fully saturated rings. The maximum Gasteiger partial charge on any atom is 0.243 e. The third kappa shape index (κ3) is 2.12. The molecule has 0 spiro atoms. The van der Waals surface area contributed by atoms with Crippen molar-refractivity contribution in [2.45, 2.75) is 0 Å². The fourth-order valence-electron chi connectivity index (χ4n) is 1.34. The lowest BCUT2D eigenvalue weighted by Crippen LogP contribution is -2.13. The zero-order chi connectivity index (χ0) is 11.5. The predicted octanol–water partition coefficient (Wildman–Crippen LogP) is 1.83. The molecular formula is C11H10ClNO3. The monoisotopic (exact) mass is 239 g/mol. The number of nitrogens with one attached hydrogen (secondary N) is 1. The van der Waals surface area contributed by atoms with Crippen molar-refractivity contribution in [3.05, 3.63) is 28.8 Å². The van der Waals surface area contributed by atoms with Crippen LogP contribution in [0.5, 0.6) is 11.5 Å². The van der Waals surface area contributed by atoms with Gasteiger partial charge in [-0.2, -0.15) is 0 Å². The summed E-state index contributed by atoms with van der Waals surface area (Å²) in [4.78, 5) is 11.0. The molecule has 1 aromatic carbocycles. The number of ether oxygens (including phenoxy) is 2. The molecule has 0 radical (unpaired) electrons. The number of halogens is 1. The van der Waals surface area contributed by atoms with Crippen LogP contribution >= 0.6 is 11.6 Å². The zero-order valence-corrected chi connectivity index (χ0v) is 9.38. The highest BCUT2D eigenvalue weighted by Gasteiger charge is 2.17. The number of carbonyl (C=O) groups is 1. The summed E-state index contributed by atoms with van der Waals surface area (Å²) in [6, 6.07) is 3.49. The SMILES string of the molecule is CNC(=O)/C=C/c1cc(Cl)c2c(c1)OCO2. The first-order valence-electron chi connectivity index (χ1n) is 4.69. The van der Waals surface area contributed by atoms with E-state index in [4.69, 9.17) is 21.1 Å². The summed E-state index contributed by atoms with van der Waals surface area (Å²) in [6.07, 6.45) is 3.08. The zero-order valence-electron chi connectivity index (χ0n) is 8.62. The van der Waals surface area contributed by atoms with Gasteiger partial charge in [0.1, 0.15) is 0 Å². The Labute approximate surface area is 97.8 Å². The highest BCUT2D eigenvalue weighted by Crippen LogP contribution is 2.39. The molecule has 1 aliphatic rings. The second-order valence-corrected chi connectivity index (χ2v) is 3.59. The number of amides is 1. The van der Waals surface area contributed by atoms with Crippen molar-refractivity contribution in [1.82, 2.24) is 5.32 Å². The Balaban J connectivity index is 2.27. The molecule has 0 bridgehead atoms. The third-order valence-electron chi connectivity index (χ3n) is 2.12. The topological polar surface area (TPSA) is 47.6 Å². The molecule has 0 aromatic heterocycles. The number of rotatable bonds is 2. The van der Waals surface area contributed by atoms with Gasteiger partial charge in [-0.15, -0.1) is 0 Å². The number of hydrogen-bond acceptors (Lipinski definition) is 3. The van der Waals surface area contributed by atoms with Gasteiger partial charge < -0.3 is 14.8 Å². The fourth-order valence-corrected chi connectivity index (χ4v) is 1.61. The summed E-state index contributed by atoms with van der Waals surface area (Å²) in [7, 11) is 1.57. The van der Waals surface area contributed by atoms with Crippen molar-refractivity contribution < 1.29 is 14.3 Å². The average molecular weight is 240 g/mol. The minimum atomic E-state index is -0.172. The summed E-state index contributed by atoms with van der Waals surface area (Å²) >= 11 is 5.98. The van der Waals surface area contributed by atoms with E-state index in [1.165, 1.54) is 6.08 Å². The van der Waals surface area contributed by atoms with Crippen molar-refractivity contribution in [3.8, 4) is 11.5 Å². The highest BCUT2D eigenvalue weighted by atomic mass is 35.5. The largest absolute Gasteiger partial charge is 0.454 e. The Kier molecular flexibility index (Phi) is 3.01. The van der Waals surface area contributed by atoms with Crippen LogP contribution in [0, 0.1) is 0 Å². The van der Waals surface area contributed by atoms with Crippen molar-refractivity contribution in [2.75, 3.05) is 13.8 Å². The number of carbonyl (C=O) groups excluding carboxylic acids is 1. The molecule has 1 N–H and O–H groups in total. The summed E-state index contributed by atoms with van der Waals surface area (Å²) in [5, 5.41) is 2.97. The quantitative estimate of drug-likeness (QED) is 0.801. The molecule has 1 heterocycles. The van der Waals surface area contributed by atoms with Crippen molar-refractivity contribution in [2.24, 2.45) is 0 Å². The van der Waals surface area contributed by atoms with E-state index < -0.39 is 0 Å². The summed E-state index contributed by atoms with van der Waals surface area (Å²) in [6.45, 7) is 0.178. The lowest BCUT2D eigenvalue weighted by molar-refractivity contribution is -0.115. The number of hydrogen-bond donors (Lipinski definition) is 1. The van der Waals surface area contributed by atoms with E-state index in [-0.39, 0.29) is 12.7 Å². The van der Waals surface area contributed by atoms with Gasteiger partial charge in [0.15, 0.2) is 11.5 Å². The van der Waals surface area contributed by atoms with E-state index >= 15 is 0 Å². The standard InChI is InChI=1S/C11H10ClNO3/c1-13-10(14)3-2-7-4-8(12)11-9(5-7)15-6-16-11/h2-5H,6H2,1H3,(H,13,14)/b3-2+. The summed E-state index contributed by atoms with van der Waals surface area (Å²) in [5.74, 6) is 0.983. The molecule has 5 heteroatoms. The van der Waals surface area contributed by atoms with Crippen LogP contribution in [0.2, 0.25) is 5.02 Å². The van der Waals surface area contributed by atoms with Gasteiger partial charge in [0.2, 0.25) is 12.7 Å². The minimum absolute atomic E-state index is 0.172. The molecule has 0 aliphatic carbocycles. The molecule has 84 valence electrons. The van der Waals surface area contributed by atoms with Crippen molar-refractivity contribution in [1.29, 1.82) is 0 Å². The van der Waals surface area contributed by atoms with E-state index in [1.54, 1.807) is 25.3 Å². The van der Waals surface area contributed by atoms with Crippen molar-refractivity contribution >= 4 is 23.6 Å². The van der Waals surface area contributed by atoms with Gasteiger partial charge in [-0.3, -0.25) is 4.79 Å². The second kappa shape index (κ2) is 4.45. The van der Waals surface area contributed by atoms with Crippen LogP contribution in [0.4, 0.5) is 0 Å². The Bertz CT molecular complexity index is 457. The van der Waals surface area contributed by atoms with Gasteiger partial charge in [-0.25, -0.2) is 0 Å². The lowest BCUT2D eigenvalue weighted by Gasteiger charge is -2.00. The third-order valence-corrected chi connectivity index (χ3v) is 2.40. The van der Waals surface area contributed by atoms with E-state index in [9.17, 15) is 4.79 Å². The molecule has 1 aromatic rings. The molecule has 0 saturated carbocycles. The fraction of sp³-hybridized carbons (Fsp3) is 0.182. The van der Waals surface area contributed by atoms with Crippen LogP contribution in [0.3, 0.4) is 0 Å². The maximum absolute atomic E-state index is 11.0. The van der Waals surface area contributed by atoms with Crippen molar-refractivity contribution in [3.63, 3.8) is 0 Å². The van der Waals surface area contributed by atoms with Crippen LogP contribution in [0.25, 0.3) is 6.08 Å². The molecule has 4 nitrogen and oxygen atoms in total. The molecular weight excluding hydrogens is 230 g/mol. The van der Waals surface area contributed by atoms with Crippen LogP contribution in [-0.2, 0) is 4.79 Å². The van der Waals surface area contributed by atoms with Gasteiger partial charge in [0, 0.05) is 13.1 Å². The van der Waals surface area contributed by atoms with Gasteiger partial charge in [0.05, 0.1) is 5.02 Å². The lowest BCUT2D eigenvalue weighted by atomic mass is 10.2. The number of benzene rings is 1. The number of likely N-dealkylation sites (N-methyl/N-ethyl adjacent to an activating group) is 1. The number of fused-ring (bicyclic) bond motifs is 1. The van der Waals surface area contributed by atoms with E-state index in [2.05, 4.69) is 5.32 Å². The Morgan fingerprint density at radius 3 is 3.06 bits per heavy atom.